The van der Waals surface area contributed by atoms with Gasteiger partial charge in [-0.05, 0) is 46.8 Å². The summed E-state index contributed by atoms with van der Waals surface area (Å²) in [5, 5.41) is 14.6. The Hall–Kier alpha value is -2.35. The van der Waals surface area contributed by atoms with E-state index in [1.807, 2.05) is 6.92 Å². The van der Waals surface area contributed by atoms with Crippen molar-refractivity contribution in [3.63, 3.8) is 0 Å². The lowest BCUT2D eigenvalue weighted by Gasteiger charge is -2.39. The normalized spacial score (nSPS) is 15.9. The number of nitrogens with one attached hydrogen (secondary N) is 1. The molecule has 25 heavy (non-hydrogen) atoms. The van der Waals surface area contributed by atoms with Gasteiger partial charge in [0.2, 0.25) is 0 Å². The van der Waals surface area contributed by atoms with Gasteiger partial charge in [-0.25, -0.2) is 4.79 Å². The number of amides is 1. The second kappa shape index (κ2) is 6.87. The van der Waals surface area contributed by atoms with E-state index in [0.717, 1.165) is 0 Å². The molecule has 1 aliphatic heterocycles. The van der Waals surface area contributed by atoms with Crippen molar-refractivity contribution in [2.24, 2.45) is 0 Å². The molecule has 2 rings (SSSR count). The van der Waals surface area contributed by atoms with Gasteiger partial charge in [0.25, 0.3) is 5.69 Å². The van der Waals surface area contributed by atoms with Crippen molar-refractivity contribution in [1.29, 1.82) is 0 Å². The Bertz CT molecular complexity index is 665. The molecule has 8 nitrogen and oxygen atoms in total. The van der Waals surface area contributed by atoms with Crippen LogP contribution in [0.15, 0.2) is 18.2 Å². The number of benzene rings is 1. The van der Waals surface area contributed by atoms with E-state index in [4.69, 9.17) is 9.47 Å². The summed E-state index contributed by atoms with van der Waals surface area (Å²) >= 11 is 0. The van der Waals surface area contributed by atoms with Gasteiger partial charge in [-0.1, -0.05) is 0 Å². The fraction of sp³-hybridized carbons (Fsp3) is 0.588. The molecule has 0 atom stereocenters. The monoisotopic (exact) mass is 351 g/mol. The average molecular weight is 351 g/mol. The van der Waals surface area contributed by atoms with E-state index in [1.54, 1.807) is 39.8 Å². The molecule has 8 heteroatoms. The molecule has 138 valence electrons. The van der Waals surface area contributed by atoms with Crippen LogP contribution in [-0.4, -0.2) is 41.9 Å². The molecule has 0 unspecified atom stereocenters. The molecule has 1 N–H and O–H groups in total. The molecule has 0 spiro atoms. The molecular weight excluding hydrogens is 326 g/mol. The highest BCUT2D eigenvalue weighted by Crippen LogP contribution is 2.33. The minimum Gasteiger partial charge on any atom is -0.443 e. The van der Waals surface area contributed by atoms with E-state index in [0.29, 0.717) is 31.1 Å². The zero-order chi connectivity index (χ0) is 18.8. The molecule has 1 aromatic rings. The van der Waals surface area contributed by atoms with Crippen molar-refractivity contribution < 1.29 is 19.2 Å². The second-order valence-electron chi connectivity index (χ2n) is 7.36. The van der Waals surface area contributed by atoms with Crippen molar-refractivity contribution in [3.05, 3.63) is 28.3 Å². The Balaban J connectivity index is 2.30. The molecule has 1 aliphatic rings. The van der Waals surface area contributed by atoms with Crippen LogP contribution >= 0.6 is 0 Å². The average Bonchev–Trinajstić information content (AvgIpc) is 2.45. The Morgan fingerprint density at radius 3 is 2.52 bits per heavy atom. The zero-order valence-corrected chi connectivity index (χ0v) is 15.3. The predicted octanol–water partition coefficient (Wildman–Crippen LogP) is 3.56. The Morgan fingerprint density at radius 1 is 1.44 bits per heavy atom. The van der Waals surface area contributed by atoms with Gasteiger partial charge >= 0.3 is 6.09 Å². The van der Waals surface area contributed by atoms with Gasteiger partial charge in [-0.15, -0.1) is 0 Å². The topological polar surface area (TPSA) is 93.9 Å². The summed E-state index contributed by atoms with van der Waals surface area (Å²) < 4.78 is 10.5. The van der Waals surface area contributed by atoms with E-state index in [-0.39, 0.29) is 11.2 Å². The molecule has 1 aromatic carbocycles. The van der Waals surface area contributed by atoms with Crippen LogP contribution < -0.4 is 10.2 Å². The number of carbonyl (C=O) groups is 1. The van der Waals surface area contributed by atoms with E-state index >= 15 is 0 Å². The van der Waals surface area contributed by atoms with E-state index in [9.17, 15) is 14.9 Å². The van der Waals surface area contributed by atoms with Gasteiger partial charge in [0.15, 0.2) is 0 Å². The van der Waals surface area contributed by atoms with E-state index in [2.05, 4.69) is 5.32 Å². The number of hydrogen-bond donors (Lipinski definition) is 1. The zero-order valence-electron chi connectivity index (χ0n) is 15.3. The molecule has 1 heterocycles. The summed E-state index contributed by atoms with van der Waals surface area (Å²) in [5.74, 6) is 0. The third-order valence-corrected chi connectivity index (χ3v) is 3.70. The molecule has 0 aromatic heterocycles. The minimum absolute atomic E-state index is 0.0902. The lowest BCUT2D eigenvalue weighted by atomic mass is 10.00. The third kappa shape index (κ3) is 4.60. The summed E-state index contributed by atoms with van der Waals surface area (Å²) in [4.78, 5) is 24.7. The maximum absolute atomic E-state index is 12.3. The number of ether oxygens (including phenoxy) is 2. The van der Waals surface area contributed by atoms with Crippen molar-refractivity contribution in [1.82, 2.24) is 0 Å². The smallest absolute Gasteiger partial charge is 0.414 e. The highest BCUT2D eigenvalue weighted by molar-refractivity contribution is 5.89. The lowest BCUT2D eigenvalue weighted by Crippen LogP contribution is -2.53. The van der Waals surface area contributed by atoms with Gasteiger partial charge in [0, 0.05) is 12.6 Å². The van der Waals surface area contributed by atoms with Gasteiger partial charge in [0.05, 0.1) is 29.4 Å². The number of nitro groups is 1. The van der Waals surface area contributed by atoms with Gasteiger partial charge in [0.1, 0.15) is 11.3 Å². The molecule has 0 aliphatic carbocycles. The first kappa shape index (κ1) is 19.0. The molecular formula is C17H25N3O5. The van der Waals surface area contributed by atoms with E-state index < -0.39 is 16.6 Å². The summed E-state index contributed by atoms with van der Waals surface area (Å²) in [6.07, 6.45) is -0.538. The molecule has 0 saturated carbocycles. The molecule has 1 fully saturated rings. The second-order valence-corrected chi connectivity index (χ2v) is 7.36. The molecule has 0 radical (unpaired) electrons. The Morgan fingerprint density at radius 2 is 2.08 bits per heavy atom. The van der Waals surface area contributed by atoms with Gasteiger partial charge in [-0.2, -0.15) is 0 Å². The standard InChI is InChI=1S/C17H25N3O5/c1-6-19(15(21)25-16(2,3)4)12-7-8-13(14(9-12)20(22)23)18-17(5)10-24-11-17/h7-9,18H,6,10-11H2,1-5H3. The maximum Gasteiger partial charge on any atom is 0.414 e. The number of hydrogen-bond acceptors (Lipinski definition) is 6. The number of rotatable bonds is 5. The lowest BCUT2D eigenvalue weighted by molar-refractivity contribution is -0.384. The number of nitrogens with zero attached hydrogens (tertiary/aromatic N) is 2. The fourth-order valence-electron chi connectivity index (χ4n) is 2.48. The van der Waals surface area contributed by atoms with Gasteiger partial charge < -0.3 is 14.8 Å². The molecule has 0 bridgehead atoms. The van der Waals surface area contributed by atoms with Crippen LogP contribution in [0.25, 0.3) is 0 Å². The van der Waals surface area contributed by atoms with Crippen LogP contribution in [0, 0.1) is 10.1 Å². The van der Waals surface area contributed by atoms with E-state index in [1.165, 1.54) is 11.0 Å². The summed E-state index contributed by atoms with van der Waals surface area (Å²) in [5.41, 5.74) is -0.227. The Labute approximate surface area is 147 Å². The highest BCUT2D eigenvalue weighted by Gasteiger charge is 2.35. The van der Waals surface area contributed by atoms with Gasteiger partial charge in [-0.3, -0.25) is 15.0 Å². The summed E-state index contributed by atoms with van der Waals surface area (Å²) in [6.45, 7) is 10.4. The SMILES string of the molecule is CCN(C(=O)OC(C)(C)C)c1ccc(NC2(C)COC2)c([N+](=O)[O-])c1. The predicted molar refractivity (Wildman–Crippen MR) is 95.2 cm³/mol. The first-order valence-electron chi connectivity index (χ1n) is 8.19. The molecule has 1 saturated heterocycles. The van der Waals surface area contributed by atoms with Crippen molar-refractivity contribution >= 4 is 23.2 Å². The van der Waals surface area contributed by atoms with Crippen LogP contribution in [0.5, 0.6) is 0 Å². The van der Waals surface area contributed by atoms with Crippen molar-refractivity contribution in [2.45, 2.75) is 45.8 Å². The van der Waals surface area contributed by atoms with Crippen LogP contribution in [0.3, 0.4) is 0 Å². The quantitative estimate of drug-likeness (QED) is 0.644. The summed E-state index contributed by atoms with van der Waals surface area (Å²) in [7, 11) is 0. The maximum atomic E-state index is 12.3. The van der Waals surface area contributed by atoms with Crippen molar-refractivity contribution in [2.75, 3.05) is 30.0 Å². The van der Waals surface area contributed by atoms with Crippen LogP contribution in [0.1, 0.15) is 34.6 Å². The largest absolute Gasteiger partial charge is 0.443 e. The number of anilines is 2. The first-order chi connectivity index (χ1) is 11.5. The number of carbonyl (C=O) groups excluding carboxylic acids is 1. The Kier molecular flexibility index (Phi) is 5.22. The number of nitro benzene ring substituents is 1. The van der Waals surface area contributed by atoms with Crippen LogP contribution in [0.2, 0.25) is 0 Å². The minimum atomic E-state index is -0.642. The highest BCUT2D eigenvalue weighted by atomic mass is 16.6. The fourth-order valence-corrected chi connectivity index (χ4v) is 2.48. The van der Waals surface area contributed by atoms with Crippen molar-refractivity contribution in [3.8, 4) is 0 Å². The molecule has 1 amide bonds. The summed E-state index contributed by atoms with van der Waals surface area (Å²) in [6, 6.07) is 4.67. The van der Waals surface area contributed by atoms with Crippen LogP contribution in [0.4, 0.5) is 21.9 Å². The van der Waals surface area contributed by atoms with Crippen LogP contribution in [-0.2, 0) is 9.47 Å². The third-order valence-electron chi connectivity index (χ3n) is 3.70. The first-order valence-corrected chi connectivity index (χ1v) is 8.19.